The van der Waals surface area contributed by atoms with Crippen LogP contribution in [-0.2, 0) is 16.6 Å². The monoisotopic (exact) mass is 512 g/mol. The normalized spacial score (nSPS) is 12.7. The second-order valence-electron chi connectivity index (χ2n) is 11.9. The van der Waals surface area contributed by atoms with Crippen LogP contribution in [0, 0.1) is 6.92 Å². The van der Waals surface area contributed by atoms with Gasteiger partial charge in [-0.3, -0.25) is 0 Å². The largest absolute Gasteiger partial charge is 0.497 e. The van der Waals surface area contributed by atoms with Crippen LogP contribution in [0.1, 0.15) is 54.7 Å². The standard InChI is InChI=1S/C36H32O3/c1-8-19-14-26-23(20-9-11-21(38-6)12-10-20)15-28-29(36(3,4)5)17-22-18(2)13-25-27(35(37)39-7)16-24(19)31-32(25)30(22)34(28)33(26)31/h9-17H,8H2,1-7H3. The van der Waals surface area contributed by atoms with Gasteiger partial charge >= 0.3 is 5.97 Å². The summed E-state index contributed by atoms with van der Waals surface area (Å²) in [7, 11) is 3.18. The molecule has 0 fully saturated rings. The Morgan fingerprint density at radius 2 is 1.38 bits per heavy atom. The molecular weight excluding hydrogens is 480 g/mol. The minimum absolute atomic E-state index is 0.0468. The van der Waals surface area contributed by atoms with Crippen molar-refractivity contribution in [3.05, 3.63) is 76.9 Å². The van der Waals surface area contributed by atoms with Crippen LogP contribution in [0.5, 0.6) is 5.75 Å². The van der Waals surface area contributed by atoms with E-state index in [-0.39, 0.29) is 11.4 Å². The van der Waals surface area contributed by atoms with Crippen molar-refractivity contribution in [2.75, 3.05) is 14.2 Å². The number of esters is 1. The molecule has 0 bridgehead atoms. The van der Waals surface area contributed by atoms with Gasteiger partial charge in [-0.15, -0.1) is 0 Å². The number of hydrogen-bond donors (Lipinski definition) is 0. The average molecular weight is 513 g/mol. The first kappa shape index (κ1) is 24.0. The van der Waals surface area contributed by atoms with Gasteiger partial charge in [-0.05, 0) is 143 Å². The highest BCUT2D eigenvalue weighted by atomic mass is 16.5. The molecule has 7 aromatic rings. The van der Waals surface area contributed by atoms with E-state index < -0.39 is 0 Å². The predicted octanol–water partition coefficient (Wildman–Crippen LogP) is 9.40. The minimum atomic E-state index is -0.282. The molecule has 0 heterocycles. The van der Waals surface area contributed by atoms with Crippen molar-refractivity contribution >= 4 is 59.8 Å². The van der Waals surface area contributed by atoms with Gasteiger partial charge in [-0.25, -0.2) is 4.79 Å². The predicted molar refractivity (Wildman–Crippen MR) is 164 cm³/mol. The highest BCUT2D eigenvalue weighted by molar-refractivity contribution is 6.47. The Balaban J connectivity index is 1.81. The summed E-state index contributed by atoms with van der Waals surface area (Å²) in [4.78, 5) is 13.1. The Labute approximate surface area is 228 Å². The fourth-order valence-electron chi connectivity index (χ4n) is 6.95. The molecule has 3 nitrogen and oxygen atoms in total. The molecule has 0 saturated carbocycles. The molecule has 0 aliphatic heterocycles. The highest BCUT2D eigenvalue weighted by Crippen LogP contribution is 2.54. The molecule has 7 rings (SSSR count). The van der Waals surface area contributed by atoms with E-state index in [1.165, 1.54) is 78.0 Å². The lowest BCUT2D eigenvalue weighted by molar-refractivity contribution is 0.0603. The van der Waals surface area contributed by atoms with Gasteiger partial charge in [0.1, 0.15) is 5.75 Å². The first-order valence-electron chi connectivity index (χ1n) is 13.7. The van der Waals surface area contributed by atoms with E-state index in [0.717, 1.165) is 22.9 Å². The van der Waals surface area contributed by atoms with Gasteiger partial charge in [-0.1, -0.05) is 39.8 Å². The van der Waals surface area contributed by atoms with E-state index in [0.29, 0.717) is 5.56 Å². The van der Waals surface area contributed by atoms with E-state index in [1.54, 1.807) is 7.11 Å². The van der Waals surface area contributed by atoms with E-state index in [4.69, 9.17) is 9.47 Å². The van der Waals surface area contributed by atoms with Crippen LogP contribution in [0.4, 0.5) is 0 Å². The summed E-state index contributed by atoms with van der Waals surface area (Å²) in [6, 6.07) is 19.9. The van der Waals surface area contributed by atoms with E-state index in [1.807, 2.05) is 12.1 Å². The maximum Gasteiger partial charge on any atom is 0.338 e. The average Bonchev–Trinajstić information content (AvgIpc) is 3.29. The lowest BCUT2D eigenvalue weighted by Crippen LogP contribution is -2.12. The lowest BCUT2D eigenvalue weighted by atomic mass is 9.80. The van der Waals surface area contributed by atoms with Crippen molar-refractivity contribution in [1.29, 1.82) is 0 Å². The summed E-state index contributed by atoms with van der Waals surface area (Å²) in [6.45, 7) is 11.3. The summed E-state index contributed by atoms with van der Waals surface area (Å²) in [5, 5.41) is 12.4. The van der Waals surface area contributed by atoms with Crippen LogP contribution in [0.3, 0.4) is 0 Å². The first-order valence-corrected chi connectivity index (χ1v) is 13.7. The molecule has 0 amide bonds. The van der Waals surface area contributed by atoms with Crippen LogP contribution in [0.25, 0.3) is 65.0 Å². The zero-order valence-corrected chi connectivity index (χ0v) is 23.6. The Morgan fingerprint density at radius 3 is 2.03 bits per heavy atom. The van der Waals surface area contributed by atoms with Crippen LogP contribution >= 0.6 is 0 Å². The second kappa shape index (κ2) is 7.95. The minimum Gasteiger partial charge on any atom is -0.497 e. The molecule has 3 heteroatoms. The van der Waals surface area contributed by atoms with Crippen molar-refractivity contribution in [3.8, 4) is 16.9 Å². The zero-order chi connectivity index (χ0) is 27.4. The number of carbonyl (C=O) groups excluding carboxylic acids is 1. The summed E-state index contributed by atoms with van der Waals surface area (Å²) >= 11 is 0. The maximum atomic E-state index is 13.1. The molecule has 39 heavy (non-hydrogen) atoms. The van der Waals surface area contributed by atoms with Crippen LogP contribution < -0.4 is 4.74 Å². The van der Waals surface area contributed by atoms with Crippen LogP contribution in [0.15, 0.2) is 54.6 Å². The molecule has 0 radical (unpaired) electrons. The third-order valence-corrected chi connectivity index (χ3v) is 8.78. The molecule has 0 unspecified atom stereocenters. The number of hydrogen-bond acceptors (Lipinski definition) is 3. The Hall–Kier alpha value is -4.11. The van der Waals surface area contributed by atoms with Crippen LogP contribution in [0.2, 0.25) is 0 Å². The SMILES string of the molecule is CCc1cc2c(-c3ccc(OC)cc3)cc3c(C(C)(C)C)cc4c(C)cc5c(C(=O)OC)cc1c1c5c4c3c21. The van der Waals surface area contributed by atoms with E-state index in [2.05, 4.69) is 77.1 Å². The topological polar surface area (TPSA) is 35.5 Å². The van der Waals surface area contributed by atoms with Crippen molar-refractivity contribution in [2.45, 2.75) is 46.5 Å². The molecule has 0 saturated heterocycles. The molecule has 0 atom stereocenters. The third-order valence-electron chi connectivity index (χ3n) is 8.78. The third kappa shape index (κ3) is 3.07. The van der Waals surface area contributed by atoms with Crippen molar-refractivity contribution in [2.24, 2.45) is 0 Å². The van der Waals surface area contributed by atoms with Gasteiger partial charge < -0.3 is 9.47 Å². The molecular formula is C36H32O3. The summed E-state index contributed by atoms with van der Waals surface area (Å²) < 4.78 is 10.8. The van der Waals surface area contributed by atoms with E-state index in [9.17, 15) is 4.79 Å². The molecule has 0 aliphatic rings. The fourth-order valence-corrected chi connectivity index (χ4v) is 6.95. The fraction of sp³-hybridized carbons (Fsp3) is 0.250. The van der Waals surface area contributed by atoms with E-state index >= 15 is 0 Å². The van der Waals surface area contributed by atoms with Gasteiger partial charge in [0.15, 0.2) is 0 Å². The molecule has 0 aliphatic carbocycles. The van der Waals surface area contributed by atoms with Gasteiger partial charge in [-0.2, -0.15) is 0 Å². The Morgan fingerprint density at radius 1 is 0.744 bits per heavy atom. The number of ether oxygens (including phenoxy) is 2. The molecule has 0 aromatic heterocycles. The van der Waals surface area contributed by atoms with Gasteiger partial charge in [0.25, 0.3) is 0 Å². The van der Waals surface area contributed by atoms with Gasteiger partial charge in [0.05, 0.1) is 19.8 Å². The summed E-state index contributed by atoms with van der Waals surface area (Å²) in [5.41, 5.74) is 6.79. The molecule has 0 spiro atoms. The smallest absolute Gasteiger partial charge is 0.338 e. The van der Waals surface area contributed by atoms with Gasteiger partial charge in [0, 0.05) is 0 Å². The van der Waals surface area contributed by atoms with Crippen molar-refractivity contribution in [1.82, 2.24) is 0 Å². The molecule has 0 N–H and O–H groups in total. The summed E-state index contributed by atoms with van der Waals surface area (Å²) in [5.74, 6) is 0.570. The Kier molecular flexibility index (Phi) is 4.89. The van der Waals surface area contributed by atoms with Crippen molar-refractivity contribution in [3.63, 3.8) is 0 Å². The quantitative estimate of drug-likeness (QED) is 0.174. The number of benzene rings is 6. The molecule has 7 aromatic carbocycles. The highest BCUT2D eigenvalue weighted by Gasteiger charge is 2.30. The number of methoxy groups -OCH3 is 2. The number of aryl methyl sites for hydroxylation is 2. The number of rotatable bonds is 4. The van der Waals surface area contributed by atoms with Crippen LogP contribution in [-0.4, -0.2) is 20.2 Å². The lowest BCUT2D eigenvalue weighted by Gasteiger charge is -2.24. The maximum absolute atomic E-state index is 13.1. The summed E-state index contributed by atoms with van der Waals surface area (Å²) in [6.07, 6.45) is 0.872. The van der Waals surface area contributed by atoms with Gasteiger partial charge in [0.2, 0.25) is 0 Å². The van der Waals surface area contributed by atoms with Crippen molar-refractivity contribution < 1.29 is 14.3 Å². The number of carbonyl (C=O) groups is 1. The first-order chi connectivity index (χ1) is 18.7. The molecule has 194 valence electrons. The zero-order valence-electron chi connectivity index (χ0n) is 23.6. The second-order valence-corrected chi connectivity index (χ2v) is 11.9. The Bertz CT molecular complexity index is 2060.